The van der Waals surface area contributed by atoms with Crippen molar-refractivity contribution in [3.05, 3.63) is 140 Å². The van der Waals surface area contributed by atoms with E-state index >= 15 is 0 Å². The van der Waals surface area contributed by atoms with Crippen LogP contribution in [0.2, 0.25) is 0 Å². The zero-order valence-corrected chi connectivity index (χ0v) is 21.5. The van der Waals surface area contributed by atoms with Gasteiger partial charge in [0.05, 0.1) is 22.2 Å². The van der Waals surface area contributed by atoms with Crippen molar-refractivity contribution in [3.8, 4) is 22.7 Å². The number of fused-ring (bicyclic) bond motifs is 7. The predicted molar refractivity (Wildman–Crippen MR) is 161 cm³/mol. The van der Waals surface area contributed by atoms with Crippen molar-refractivity contribution in [1.29, 1.82) is 0 Å². The van der Waals surface area contributed by atoms with E-state index in [1.54, 1.807) is 6.07 Å². The number of hydrogen-bond donors (Lipinski definition) is 1. The SMILES string of the molecule is Oc1ccccc1-[n+]1[c-]n2c3cc(-c4ccccn4)ccc3c3ccccc3c3ccccc3c3cccc1c32. The molecule has 0 saturated carbocycles. The molecular weight excluding hydrogens is 490 g/mol. The van der Waals surface area contributed by atoms with Crippen molar-refractivity contribution in [2.75, 3.05) is 0 Å². The molecule has 5 aromatic carbocycles. The van der Waals surface area contributed by atoms with Crippen LogP contribution in [0.15, 0.2) is 134 Å². The van der Waals surface area contributed by atoms with E-state index in [1.807, 2.05) is 47.2 Å². The Bertz CT molecular complexity index is 2280. The van der Waals surface area contributed by atoms with Crippen LogP contribution in [0.3, 0.4) is 0 Å². The van der Waals surface area contributed by atoms with Crippen LogP contribution in [0.5, 0.6) is 5.75 Å². The Morgan fingerprint density at radius 3 is 1.98 bits per heavy atom. The molecule has 0 amide bonds. The molecule has 0 aliphatic rings. The summed E-state index contributed by atoms with van der Waals surface area (Å²) < 4.78 is 4.11. The molecule has 0 bridgehead atoms. The summed E-state index contributed by atoms with van der Waals surface area (Å²) in [6.45, 7) is 0. The van der Waals surface area contributed by atoms with Gasteiger partial charge in [0, 0.05) is 6.20 Å². The highest BCUT2D eigenvalue weighted by Crippen LogP contribution is 2.35. The molecule has 188 valence electrons. The number of pyridine rings is 1. The summed E-state index contributed by atoms with van der Waals surface area (Å²) in [6, 6.07) is 43.5. The largest absolute Gasteiger partial charge is 0.511 e. The Hall–Kier alpha value is -5.48. The number of aromatic nitrogens is 3. The van der Waals surface area contributed by atoms with Crippen molar-refractivity contribution in [3.63, 3.8) is 0 Å². The summed E-state index contributed by atoms with van der Waals surface area (Å²) in [4.78, 5) is 4.64. The molecule has 0 fully saturated rings. The van der Waals surface area contributed by atoms with Crippen LogP contribution >= 0.6 is 0 Å². The van der Waals surface area contributed by atoms with Gasteiger partial charge in [0.2, 0.25) is 0 Å². The zero-order valence-electron chi connectivity index (χ0n) is 21.5. The fourth-order valence-corrected chi connectivity index (χ4v) is 5.92. The van der Waals surface area contributed by atoms with E-state index in [2.05, 4.69) is 101 Å². The van der Waals surface area contributed by atoms with Gasteiger partial charge in [-0.3, -0.25) is 14.0 Å². The van der Waals surface area contributed by atoms with Crippen LogP contribution in [-0.4, -0.2) is 14.5 Å². The Morgan fingerprint density at radius 2 is 1.25 bits per heavy atom. The molecule has 8 rings (SSSR count). The number of phenols is 1. The van der Waals surface area contributed by atoms with Crippen LogP contribution in [0.4, 0.5) is 0 Å². The van der Waals surface area contributed by atoms with Gasteiger partial charge < -0.3 is 5.11 Å². The maximum Gasteiger partial charge on any atom is 0.270 e. The number of phenolic OH excluding ortho intramolecular Hbond substituents is 1. The fraction of sp³-hybridized carbons (Fsp3) is 0. The normalized spacial score (nSPS) is 11.6. The molecule has 4 heteroatoms. The number of imidazole rings is 1. The predicted octanol–water partition coefficient (Wildman–Crippen LogP) is 7.96. The minimum atomic E-state index is 0.202. The number of rotatable bonds is 2. The van der Waals surface area contributed by atoms with Gasteiger partial charge in [-0.05, 0) is 68.2 Å². The molecule has 0 radical (unpaired) electrons. The van der Waals surface area contributed by atoms with Crippen molar-refractivity contribution in [1.82, 2.24) is 9.38 Å². The van der Waals surface area contributed by atoms with Crippen LogP contribution in [-0.2, 0) is 0 Å². The second-order valence-corrected chi connectivity index (χ2v) is 9.97. The molecule has 0 aliphatic carbocycles. The van der Waals surface area contributed by atoms with E-state index < -0.39 is 0 Å². The lowest BCUT2D eigenvalue weighted by Gasteiger charge is -2.07. The number of hydrogen-bond acceptors (Lipinski definition) is 2. The second-order valence-electron chi connectivity index (χ2n) is 9.97. The molecule has 0 spiro atoms. The summed E-state index contributed by atoms with van der Waals surface area (Å²) >= 11 is 0. The lowest BCUT2D eigenvalue weighted by molar-refractivity contribution is -0.572. The average molecular weight is 514 g/mol. The topological polar surface area (TPSA) is 41.4 Å². The first kappa shape index (κ1) is 22.5. The Balaban J connectivity index is 1.70. The molecular formula is C36H23N3O. The monoisotopic (exact) mass is 513 g/mol. The van der Waals surface area contributed by atoms with Gasteiger partial charge in [-0.2, -0.15) is 0 Å². The molecule has 0 saturated heterocycles. The molecule has 0 aliphatic heterocycles. The third kappa shape index (κ3) is 3.33. The average Bonchev–Trinajstić information content (AvgIpc) is 3.42. The fourth-order valence-electron chi connectivity index (χ4n) is 5.92. The van der Waals surface area contributed by atoms with Crippen molar-refractivity contribution in [2.45, 2.75) is 0 Å². The zero-order chi connectivity index (χ0) is 26.6. The number of para-hydroxylation sites is 3. The summed E-state index contributed by atoms with van der Waals surface area (Å²) in [7, 11) is 0. The first-order chi connectivity index (χ1) is 19.8. The molecule has 3 aromatic heterocycles. The second kappa shape index (κ2) is 8.79. The summed E-state index contributed by atoms with van der Waals surface area (Å²) in [5.74, 6) is 0.202. The highest BCUT2D eigenvalue weighted by atomic mass is 16.3. The van der Waals surface area contributed by atoms with Crippen molar-refractivity contribution >= 4 is 48.9 Å². The minimum absolute atomic E-state index is 0.202. The van der Waals surface area contributed by atoms with Crippen LogP contribution < -0.4 is 4.57 Å². The third-order valence-electron chi connectivity index (χ3n) is 7.73. The van der Waals surface area contributed by atoms with E-state index in [4.69, 9.17) is 0 Å². The van der Waals surface area contributed by atoms with E-state index in [0.29, 0.717) is 5.69 Å². The molecule has 3 heterocycles. The summed E-state index contributed by atoms with van der Waals surface area (Å²) in [5.41, 5.74) is 5.58. The maximum atomic E-state index is 10.9. The van der Waals surface area contributed by atoms with E-state index in [0.717, 1.165) is 49.4 Å². The van der Waals surface area contributed by atoms with Crippen LogP contribution in [0.25, 0.3) is 65.8 Å². The Kier molecular flexibility index (Phi) is 4.94. The van der Waals surface area contributed by atoms with Gasteiger partial charge in [0.15, 0.2) is 0 Å². The number of aromatic hydroxyl groups is 1. The lowest BCUT2D eigenvalue weighted by atomic mass is 10.0. The van der Waals surface area contributed by atoms with Gasteiger partial charge in [-0.25, -0.2) is 0 Å². The van der Waals surface area contributed by atoms with Gasteiger partial charge in [-0.15, -0.1) is 0 Å². The standard InChI is InChI=1S/C36H23N3O/c40-35-18-6-5-16-32(35)38-23-39-34-22-24(31-15-7-8-21-37-31)19-20-29(34)27-12-3-1-10-25(27)26-11-2-4-13-28(26)30-14-9-17-33(38)36(30)39/h1-22,40H. The first-order valence-electron chi connectivity index (χ1n) is 13.3. The molecule has 0 unspecified atom stereocenters. The minimum Gasteiger partial charge on any atom is -0.511 e. The Labute approximate surface area is 230 Å². The maximum absolute atomic E-state index is 10.9. The smallest absolute Gasteiger partial charge is 0.270 e. The number of benzene rings is 5. The molecule has 1 N–H and O–H groups in total. The van der Waals surface area contributed by atoms with Crippen LogP contribution in [0, 0.1) is 6.33 Å². The first-order valence-corrected chi connectivity index (χ1v) is 13.3. The van der Waals surface area contributed by atoms with Crippen molar-refractivity contribution < 1.29 is 9.67 Å². The lowest BCUT2D eigenvalue weighted by Crippen LogP contribution is -2.29. The van der Waals surface area contributed by atoms with Gasteiger partial charge in [0.1, 0.15) is 11.4 Å². The molecule has 8 aromatic rings. The quantitative estimate of drug-likeness (QED) is 0.188. The Morgan fingerprint density at radius 1 is 0.600 bits per heavy atom. The van der Waals surface area contributed by atoms with Gasteiger partial charge >= 0.3 is 0 Å². The molecule has 0 atom stereocenters. The van der Waals surface area contributed by atoms with E-state index in [1.165, 1.54) is 10.8 Å². The van der Waals surface area contributed by atoms with E-state index in [-0.39, 0.29) is 5.75 Å². The highest BCUT2D eigenvalue weighted by Gasteiger charge is 2.17. The van der Waals surface area contributed by atoms with Gasteiger partial charge in [-0.1, -0.05) is 97.1 Å². The van der Waals surface area contributed by atoms with Crippen molar-refractivity contribution in [2.24, 2.45) is 0 Å². The molecule has 4 nitrogen and oxygen atoms in total. The highest BCUT2D eigenvalue weighted by molar-refractivity contribution is 6.20. The third-order valence-corrected chi connectivity index (χ3v) is 7.73. The summed E-state index contributed by atoms with van der Waals surface area (Å²) in [5, 5.41) is 17.7. The van der Waals surface area contributed by atoms with E-state index in [9.17, 15) is 5.11 Å². The number of nitrogens with zero attached hydrogens (tertiary/aromatic N) is 3. The molecule has 40 heavy (non-hydrogen) atoms. The van der Waals surface area contributed by atoms with Crippen LogP contribution in [0.1, 0.15) is 0 Å². The van der Waals surface area contributed by atoms with Gasteiger partial charge in [0.25, 0.3) is 6.33 Å². The summed E-state index contributed by atoms with van der Waals surface area (Å²) in [6.07, 6.45) is 5.46.